The van der Waals surface area contributed by atoms with Crippen molar-refractivity contribution in [2.45, 2.75) is 4.21 Å². The van der Waals surface area contributed by atoms with Crippen LogP contribution in [0.1, 0.15) is 0 Å². The van der Waals surface area contributed by atoms with E-state index in [0.29, 0.717) is 10.2 Å². The summed E-state index contributed by atoms with van der Waals surface area (Å²) in [7, 11) is -3.40. The Kier molecular flexibility index (Phi) is 3.93. The molecule has 2 aromatic heterocycles. The highest BCUT2D eigenvalue weighted by Crippen LogP contribution is 2.37. The van der Waals surface area contributed by atoms with Gasteiger partial charge in [-0.1, -0.05) is 0 Å². The number of ether oxygens (including phenoxy) is 1. The predicted molar refractivity (Wildman–Crippen MR) is 85.9 cm³/mol. The molecule has 0 N–H and O–H groups in total. The van der Waals surface area contributed by atoms with Crippen molar-refractivity contribution in [3.05, 3.63) is 52.5 Å². The number of fused-ring (bicyclic) bond motifs is 1. The molecule has 0 aliphatic heterocycles. The van der Waals surface area contributed by atoms with Crippen LogP contribution in [0.3, 0.4) is 0 Å². The van der Waals surface area contributed by atoms with E-state index < -0.39 is 26.3 Å². The largest absolute Gasteiger partial charge is 0.453 e. The molecule has 3 aromatic rings. The predicted octanol–water partition coefficient (Wildman–Crippen LogP) is 3.54. The molecule has 0 saturated heterocycles. The van der Waals surface area contributed by atoms with E-state index in [2.05, 4.69) is 4.98 Å². The number of thiophene rings is 1. The maximum Gasteiger partial charge on any atom is 0.272 e. The van der Waals surface area contributed by atoms with E-state index in [-0.39, 0.29) is 15.7 Å². The van der Waals surface area contributed by atoms with E-state index in [0.717, 1.165) is 35.8 Å². The van der Waals surface area contributed by atoms with Crippen LogP contribution in [0.4, 0.5) is 10.1 Å². The highest BCUT2D eigenvalue weighted by atomic mass is 32.2. The van der Waals surface area contributed by atoms with Crippen LogP contribution in [0, 0.1) is 15.9 Å². The minimum atomic E-state index is -3.40. The maximum atomic E-state index is 14.0. The van der Waals surface area contributed by atoms with E-state index in [9.17, 15) is 22.9 Å². The first-order valence-electron chi connectivity index (χ1n) is 6.46. The summed E-state index contributed by atoms with van der Waals surface area (Å²) in [6, 6.07) is 5.89. The molecule has 1 aromatic carbocycles. The third kappa shape index (κ3) is 3.05. The lowest BCUT2D eigenvalue weighted by molar-refractivity contribution is -0.385. The van der Waals surface area contributed by atoms with Crippen molar-refractivity contribution in [2.24, 2.45) is 0 Å². The summed E-state index contributed by atoms with van der Waals surface area (Å²) in [5.41, 5.74) is 0.00968. The first-order valence-corrected chi connectivity index (χ1v) is 9.17. The third-order valence-corrected chi connectivity index (χ3v) is 6.01. The molecule has 3 rings (SSSR count). The summed E-state index contributed by atoms with van der Waals surface area (Å²) in [4.78, 5) is 14.0. The normalized spacial score (nSPS) is 11.6. The number of aromatic nitrogens is 1. The van der Waals surface area contributed by atoms with Crippen molar-refractivity contribution in [2.75, 3.05) is 6.26 Å². The number of benzene rings is 1. The van der Waals surface area contributed by atoms with Gasteiger partial charge in [0.2, 0.25) is 0 Å². The summed E-state index contributed by atoms with van der Waals surface area (Å²) in [6.45, 7) is 0. The van der Waals surface area contributed by atoms with Gasteiger partial charge in [-0.2, -0.15) is 0 Å². The number of nitrogens with zero attached hydrogens (tertiary/aromatic N) is 2. The number of pyridine rings is 1. The molecule has 124 valence electrons. The van der Waals surface area contributed by atoms with Crippen LogP contribution < -0.4 is 4.74 Å². The summed E-state index contributed by atoms with van der Waals surface area (Å²) in [5, 5.41) is 10.6. The summed E-state index contributed by atoms with van der Waals surface area (Å²) in [5.74, 6) is -0.885. The minimum Gasteiger partial charge on any atom is -0.453 e. The molecule has 0 spiro atoms. The van der Waals surface area contributed by atoms with E-state index in [1.807, 2.05) is 0 Å². The quantitative estimate of drug-likeness (QED) is 0.516. The highest BCUT2D eigenvalue weighted by molar-refractivity contribution is 7.93. The number of nitro benzene ring substituents is 1. The molecule has 2 heterocycles. The molecule has 0 aliphatic rings. The molecule has 0 amide bonds. The number of halogens is 1. The van der Waals surface area contributed by atoms with Crippen molar-refractivity contribution >= 4 is 37.1 Å². The van der Waals surface area contributed by atoms with Crippen molar-refractivity contribution < 1.29 is 22.5 Å². The zero-order valence-electron chi connectivity index (χ0n) is 12.1. The van der Waals surface area contributed by atoms with Gasteiger partial charge in [0.05, 0.1) is 21.2 Å². The van der Waals surface area contributed by atoms with Crippen molar-refractivity contribution in [3.63, 3.8) is 0 Å². The first kappa shape index (κ1) is 16.3. The highest BCUT2D eigenvalue weighted by Gasteiger charge is 2.17. The van der Waals surface area contributed by atoms with Crippen LogP contribution >= 0.6 is 11.3 Å². The Labute approximate surface area is 139 Å². The summed E-state index contributed by atoms with van der Waals surface area (Å²) in [6.07, 6.45) is 2.48. The minimum absolute atomic E-state index is 0.116. The molecule has 0 fully saturated rings. The van der Waals surface area contributed by atoms with Crippen LogP contribution in [-0.2, 0) is 9.84 Å². The Morgan fingerprint density at radius 2 is 2.00 bits per heavy atom. The molecule has 24 heavy (non-hydrogen) atoms. The fourth-order valence-electron chi connectivity index (χ4n) is 1.96. The maximum absolute atomic E-state index is 14.0. The van der Waals surface area contributed by atoms with Gasteiger partial charge in [0.15, 0.2) is 21.4 Å². The Bertz CT molecular complexity index is 1060. The number of hydrogen-bond acceptors (Lipinski definition) is 7. The fraction of sp³-hybridized carbons (Fsp3) is 0.0714. The SMILES string of the molecule is CS(=O)(=O)c1cc2nccc(Oc3ccc([N+](=O)[O-])cc3F)c2s1. The molecule has 0 bridgehead atoms. The van der Waals surface area contributed by atoms with Crippen molar-refractivity contribution in [1.82, 2.24) is 4.98 Å². The van der Waals surface area contributed by atoms with Gasteiger partial charge in [-0.3, -0.25) is 15.1 Å². The monoisotopic (exact) mass is 368 g/mol. The molecule has 0 radical (unpaired) electrons. The first-order chi connectivity index (χ1) is 11.3. The van der Waals surface area contributed by atoms with Gasteiger partial charge in [0.1, 0.15) is 9.96 Å². The fourth-order valence-corrected chi connectivity index (χ4v) is 3.94. The smallest absolute Gasteiger partial charge is 0.272 e. The van der Waals surface area contributed by atoms with Crippen LogP contribution in [0.5, 0.6) is 11.5 Å². The molecule has 10 heteroatoms. The second-order valence-electron chi connectivity index (χ2n) is 4.83. The molecule has 0 atom stereocenters. The van der Waals surface area contributed by atoms with E-state index >= 15 is 0 Å². The zero-order valence-corrected chi connectivity index (χ0v) is 13.7. The molecular formula is C14H9FN2O5S2. The lowest BCUT2D eigenvalue weighted by atomic mass is 10.3. The molecule has 0 saturated carbocycles. The molecular weight excluding hydrogens is 359 g/mol. The van der Waals surface area contributed by atoms with Crippen LogP contribution in [-0.4, -0.2) is 24.6 Å². The van der Waals surface area contributed by atoms with Gasteiger partial charge in [-0.25, -0.2) is 12.8 Å². The van der Waals surface area contributed by atoms with Gasteiger partial charge >= 0.3 is 0 Å². The number of rotatable bonds is 4. The van der Waals surface area contributed by atoms with Gasteiger partial charge in [-0.05, 0) is 12.1 Å². The number of nitro groups is 1. The van der Waals surface area contributed by atoms with Crippen molar-refractivity contribution in [1.29, 1.82) is 0 Å². The Morgan fingerprint density at radius 3 is 2.62 bits per heavy atom. The lowest BCUT2D eigenvalue weighted by Gasteiger charge is -2.07. The van der Waals surface area contributed by atoms with E-state index in [4.69, 9.17) is 4.74 Å². The van der Waals surface area contributed by atoms with Crippen LogP contribution in [0.15, 0.2) is 40.7 Å². The number of non-ortho nitro benzene ring substituents is 1. The molecule has 0 aliphatic carbocycles. The van der Waals surface area contributed by atoms with E-state index in [1.54, 1.807) is 0 Å². The second-order valence-corrected chi connectivity index (χ2v) is 8.13. The lowest BCUT2D eigenvalue weighted by Crippen LogP contribution is -1.92. The Balaban J connectivity index is 2.04. The van der Waals surface area contributed by atoms with Gasteiger partial charge < -0.3 is 4.74 Å². The number of sulfone groups is 1. The molecule has 0 unspecified atom stereocenters. The Morgan fingerprint density at radius 1 is 1.25 bits per heavy atom. The van der Waals surface area contributed by atoms with Crippen LogP contribution in [0.25, 0.3) is 10.2 Å². The van der Waals surface area contributed by atoms with Gasteiger partial charge in [0.25, 0.3) is 5.69 Å². The summed E-state index contributed by atoms with van der Waals surface area (Å²) >= 11 is 0.958. The summed E-state index contributed by atoms with van der Waals surface area (Å²) < 4.78 is 43.3. The second kappa shape index (κ2) is 5.80. The standard InChI is InChI=1S/C14H9FN2O5S2/c1-24(20,21)13-7-10-14(23-13)12(4-5-16-10)22-11-3-2-8(17(18)19)6-9(11)15/h2-7H,1H3. The Hall–Kier alpha value is -2.59. The average Bonchev–Trinajstić information content (AvgIpc) is 2.94. The zero-order chi connectivity index (χ0) is 17.5. The molecule has 7 nitrogen and oxygen atoms in total. The third-order valence-electron chi connectivity index (χ3n) is 3.06. The van der Waals surface area contributed by atoms with Crippen LogP contribution in [0.2, 0.25) is 0 Å². The average molecular weight is 368 g/mol. The topological polar surface area (TPSA) is 99.4 Å². The van der Waals surface area contributed by atoms with Gasteiger partial charge in [0, 0.05) is 24.6 Å². The van der Waals surface area contributed by atoms with Crippen molar-refractivity contribution in [3.8, 4) is 11.5 Å². The van der Waals surface area contributed by atoms with Gasteiger partial charge in [-0.15, -0.1) is 11.3 Å². The number of hydrogen-bond donors (Lipinski definition) is 0. The van der Waals surface area contributed by atoms with E-state index in [1.165, 1.54) is 18.3 Å².